The highest BCUT2D eigenvalue weighted by atomic mass is 35.5. The predicted octanol–water partition coefficient (Wildman–Crippen LogP) is 3.07. The van der Waals surface area contributed by atoms with E-state index in [1.807, 2.05) is 18.2 Å². The van der Waals surface area contributed by atoms with Crippen LogP contribution in [-0.2, 0) is 21.4 Å². The van der Waals surface area contributed by atoms with Crippen LogP contribution in [0, 0.1) is 0 Å². The van der Waals surface area contributed by atoms with Gasteiger partial charge in [0, 0.05) is 30.2 Å². The minimum atomic E-state index is -3.79. The summed E-state index contributed by atoms with van der Waals surface area (Å²) in [6.07, 6.45) is 0. The summed E-state index contributed by atoms with van der Waals surface area (Å²) >= 11 is 5.99. The summed E-state index contributed by atoms with van der Waals surface area (Å²) in [5.74, 6) is 0.352. The predicted molar refractivity (Wildman–Crippen MR) is 112 cm³/mol. The molecule has 0 atom stereocenters. The van der Waals surface area contributed by atoms with Crippen LogP contribution in [0.5, 0.6) is 11.5 Å². The number of para-hydroxylation sites is 1. The van der Waals surface area contributed by atoms with E-state index in [0.29, 0.717) is 18.8 Å². The quantitative estimate of drug-likeness (QED) is 0.613. The maximum absolute atomic E-state index is 12.9. The van der Waals surface area contributed by atoms with E-state index in [1.165, 1.54) is 22.5 Å². The highest BCUT2D eigenvalue weighted by molar-refractivity contribution is 7.89. The Morgan fingerprint density at radius 1 is 1.10 bits per heavy atom. The average Bonchev–Trinajstić information content (AvgIpc) is 2.72. The molecule has 158 valence electrons. The maximum atomic E-state index is 12.9. The zero-order valence-corrected chi connectivity index (χ0v) is 18.2. The molecule has 7 nitrogen and oxygen atoms in total. The summed E-state index contributed by atoms with van der Waals surface area (Å²) in [5.41, 5.74) is 0.819. The molecule has 2 rings (SSSR count). The van der Waals surface area contributed by atoms with Crippen molar-refractivity contribution in [2.75, 3.05) is 26.8 Å². The number of hydrogen-bond donors (Lipinski definition) is 1. The summed E-state index contributed by atoms with van der Waals surface area (Å²) in [7, 11) is -2.23. The van der Waals surface area contributed by atoms with Crippen LogP contribution < -0.4 is 14.8 Å². The highest BCUT2D eigenvalue weighted by Gasteiger charge is 2.26. The van der Waals surface area contributed by atoms with Gasteiger partial charge in [-0.3, -0.25) is 4.79 Å². The van der Waals surface area contributed by atoms with Crippen molar-refractivity contribution in [2.45, 2.75) is 25.3 Å². The first kappa shape index (κ1) is 23.0. The fourth-order valence-electron chi connectivity index (χ4n) is 2.74. The molecule has 0 radical (unpaired) electrons. The van der Waals surface area contributed by atoms with Crippen LogP contribution in [0.15, 0.2) is 47.4 Å². The molecule has 0 saturated carbocycles. The summed E-state index contributed by atoms with van der Waals surface area (Å²) in [4.78, 5) is 12.1. The van der Waals surface area contributed by atoms with Crippen LogP contribution in [-0.4, -0.2) is 45.4 Å². The minimum absolute atomic E-state index is 0.0637. The molecule has 0 heterocycles. The number of benzene rings is 2. The van der Waals surface area contributed by atoms with E-state index >= 15 is 0 Å². The van der Waals surface area contributed by atoms with Crippen LogP contribution in [0.3, 0.4) is 0 Å². The smallest absolute Gasteiger partial charge is 0.258 e. The summed E-state index contributed by atoms with van der Waals surface area (Å²) in [6, 6.07) is 11.6. The van der Waals surface area contributed by atoms with Gasteiger partial charge in [0.05, 0.1) is 7.11 Å². The molecule has 2 aromatic rings. The van der Waals surface area contributed by atoms with Crippen LogP contribution in [0.2, 0.25) is 5.02 Å². The molecule has 0 fully saturated rings. The zero-order valence-electron chi connectivity index (χ0n) is 16.6. The standard InChI is InChI=1S/C20H25ClN2O5S/c1-4-23(5-2)29(25,26)19-12-16(21)10-11-18(19)28-14-20(24)22-13-15-8-6-7-9-17(15)27-3/h6-12H,4-5,13-14H2,1-3H3,(H,22,24). The lowest BCUT2D eigenvalue weighted by Gasteiger charge is -2.20. The number of halogens is 1. The van der Waals surface area contributed by atoms with Crippen molar-refractivity contribution < 1.29 is 22.7 Å². The molecule has 0 spiro atoms. The van der Waals surface area contributed by atoms with Crippen LogP contribution in [0.4, 0.5) is 0 Å². The van der Waals surface area contributed by atoms with Crippen LogP contribution in [0.25, 0.3) is 0 Å². The van der Waals surface area contributed by atoms with Crippen molar-refractivity contribution in [3.63, 3.8) is 0 Å². The second kappa shape index (κ2) is 10.5. The molecule has 0 saturated heterocycles. The Kier molecular flexibility index (Phi) is 8.31. The third-order valence-electron chi connectivity index (χ3n) is 4.26. The van der Waals surface area contributed by atoms with Gasteiger partial charge < -0.3 is 14.8 Å². The molecule has 9 heteroatoms. The lowest BCUT2D eigenvalue weighted by Crippen LogP contribution is -2.32. The molecule has 0 aliphatic rings. The topological polar surface area (TPSA) is 84.9 Å². The van der Waals surface area contributed by atoms with Gasteiger partial charge in [-0.05, 0) is 24.3 Å². The van der Waals surface area contributed by atoms with Gasteiger partial charge in [-0.25, -0.2) is 8.42 Å². The van der Waals surface area contributed by atoms with Crippen LogP contribution >= 0.6 is 11.6 Å². The molecule has 29 heavy (non-hydrogen) atoms. The number of methoxy groups -OCH3 is 1. The number of ether oxygens (including phenoxy) is 2. The van der Waals surface area contributed by atoms with Crippen molar-refractivity contribution in [3.8, 4) is 11.5 Å². The van der Waals surface area contributed by atoms with E-state index in [0.717, 1.165) is 5.56 Å². The summed E-state index contributed by atoms with van der Waals surface area (Å²) in [5, 5.41) is 3.00. The van der Waals surface area contributed by atoms with Crippen molar-refractivity contribution >= 4 is 27.5 Å². The Labute approximate surface area is 176 Å². The van der Waals surface area contributed by atoms with Gasteiger partial charge in [-0.2, -0.15) is 4.31 Å². The molecule has 0 bridgehead atoms. The number of carbonyl (C=O) groups excluding carboxylic acids is 1. The fourth-order valence-corrected chi connectivity index (χ4v) is 4.59. The van der Waals surface area contributed by atoms with E-state index in [1.54, 1.807) is 27.0 Å². The third kappa shape index (κ3) is 5.85. The van der Waals surface area contributed by atoms with Gasteiger partial charge in [-0.1, -0.05) is 43.6 Å². The molecule has 0 aliphatic carbocycles. The van der Waals surface area contributed by atoms with Gasteiger partial charge in [-0.15, -0.1) is 0 Å². The number of hydrogen-bond acceptors (Lipinski definition) is 5. The van der Waals surface area contributed by atoms with Gasteiger partial charge in [0.25, 0.3) is 5.91 Å². The SMILES string of the molecule is CCN(CC)S(=O)(=O)c1cc(Cl)ccc1OCC(=O)NCc1ccccc1OC. The van der Waals surface area contributed by atoms with Crippen molar-refractivity contribution in [3.05, 3.63) is 53.1 Å². The third-order valence-corrected chi connectivity index (χ3v) is 6.56. The van der Waals surface area contributed by atoms with Gasteiger partial charge >= 0.3 is 0 Å². The van der Waals surface area contributed by atoms with Crippen molar-refractivity contribution in [1.82, 2.24) is 9.62 Å². The lowest BCUT2D eigenvalue weighted by atomic mass is 10.2. The molecular weight excluding hydrogens is 416 g/mol. The average molecular weight is 441 g/mol. The monoisotopic (exact) mass is 440 g/mol. The second-order valence-electron chi connectivity index (χ2n) is 6.06. The zero-order chi connectivity index (χ0) is 21.4. The van der Waals surface area contributed by atoms with E-state index in [-0.39, 0.29) is 28.8 Å². The molecular formula is C20H25ClN2O5S. The Balaban J connectivity index is 2.10. The number of amides is 1. The Morgan fingerprint density at radius 3 is 2.45 bits per heavy atom. The molecule has 0 aromatic heterocycles. The Hall–Kier alpha value is -2.29. The molecule has 2 aromatic carbocycles. The number of nitrogens with one attached hydrogen (secondary N) is 1. The molecule has 1 amide bonds. The Morgan fingerprint density at radius 2 is 1.79 bits per heavy atom. The molecule has 0 aliphatic heterocycles. The highest BCUT2D eigenvalue weighted by Crippen LogP contribution is 2.29. The number of carbonyl (C=O) groups is 1. The summed E-state index contributed by atoms with van der Waals surface area (Å²) < 4.78 is 37.8. The fraction of sp³-hybridized carbons (Fsp3) is 0.350. The van der Waals surface area contributed by atoms with Gasteiger partial charge in [0.1, 0.15) is 16.4 Å². The normalized spacial score (nSPS) is 11.3. The molecule has 1 N–H and O–H groups in total. The molecule has 0 unspecified atom stereocenters. The first-order chi connectivity index (χ1) is 13.8. The van der Waals surface area contributed by atoms with E-state index in [9.17, 15) is 13.2 Å². The summed E-state index contributed by atoms with van der Waals surface area (Å²) in [6.45, 7) is 4.04. The van der Waals surface area contributed by atoms with E-state index < -0.39 is 15.9 Å². The minimum Gasteiger partial charge on any atom is -0.496 e. The van der Waals surface area contributed by atoms with Gasteiger partial charge in [0.2, 0.25) is 10.0 Å². The van der Waals surface area contributed by atoms with Gasteiger partial charge in [0.15, 0.2) is 6.61 Å². The first-order valence-electron chi connectivity index (χ1n) is 9.14. The van der Waals surface area contributed by atoms with Crippen LogP contribution in [0.1, 0.15) is 19.4 Å². The van der Waals surface area contributed by atoms with Crippen molar-refractivity contribution in [2.24, 2.45) is 0 Å². The van der Waals surface area contributed by atoms with E-state index in [4.69, 9.17) is 21.1 Å². The number of sulfonamides is 1. The van der Waals surface area contributed by atoms with E-state index in [2.05, 4.69) is 5.32 Å². The Bertz CT molecular complexity index is 946. The lowest BCUT2D eigenvalue weighted by molar-refractivity contribution is -0.123. The second-order valence-corrected chi connectivity index (χ2v) is 8.40. The number of nitrogens with zero attached hydrogens (tertiary/aromatic N) is 1. The maximum Gasteiger partial charge on any atom is 0.258 e. The first-order valence-corrected chi connectivity index (χ1v) is 11.0. The van der Waals surface area contributed by atoms with Crippen molar-refractivity contribution in [1.29, 1.82) is 0 Å². The largest absolute Gasteiger partial charge is 0.496 e. The number of rotatable bonds is 10.